The van der Waals surface area contributed by atoms with Crippen LogP contribution < -0.4 is 5.32 Å². The second-order valence-corrected chi connectivity index (χ2v) is 3.42. The van der Waals surface area contributed by atoms with Crippen molar-refractivity contribution in [2.24, 2.45) is 5.92 Å². The van der Waals surface area contributed by atoms with Crippen molar-refractivity contribution in [2.75, 3.05) is 7.05 Å². The van der Waals surface area contributed by atoms with E-state index in [0.717, 1.165) is 23.3 Å². The summed E-state index contributed by atoms with van der Waals surface area (Å²) in [6.45, 7) is 16.0. The van der Waals surface area contributed by atoms with Gasteiger partial charge in [-0.2, -0.15) is 0 Å². The van der Waals surface area contributed by atoms with Crippen LogP contribution in [0.5, 0.6) is 0 Å². The molecule has 0 aliphatic rings. The van der Waals surface area contributed by atoms with Crippen LogP contribution in [0.4, 0.5) is 0 Å². The summed E-state index contributed by atoms with van der Waals surface area (Å²) in [7, 11) is 1.86. The molecule has 0 aliphatic heterocycles. The first-order valence-electron chi connectivity index (χ1n) is 4.97. The van der Waals surface area contributed by atoms with Gasteiger partial charge in [-0.3, -0.25) is 0 Å². The Kier molecular flexibility index (Phi) is 5.70. The van der Waals surface area contributed by atoms with Crippen molar-refractivity contribution < 1.29 is 0 Å². The van der Waals surface area contributed by atoms with Crippen molar-refractivity contribution in [3.63, 3.8) is 0 Å². The van der Waals surface area contributed by atoms with Gasteiger partial charge in [0, 0.05) is 12.7 Å². The average Bonchev–Trinajstić information content (AvgIpc) is 2.23. The summed E-state index contributed by atoms with van der Waals surface area (Å²) in [6.07, 6.45) is 5.06. The van der Waals surface area contributed by atoms with Crippen molar-refractivity contribution in [3.05, 3.63) is 48.7 Å². The van der Waals surface area contributed by atoms with E-state index in [1.807, 2.05) is 7.05 Å². The summed E-state index contributed by atoms with van der Waals surface area (Å²) < 4.78 is 0. The third-order valence-corrected chi connectivity index (χ3v) is 2.31. The molecule has 0 aromatic carbocycles. The van der Waals surface area contributed by atoms with Gasteiger partial charge in [0.2, 0.25) is 0 Å². The molecule has 1 nitrogen and oxygen atoms in total. The number of rotatable bonds is 6. The van der Waals surface area contributed by atoms with Crippen LogP contribution >= 0.6 is 0 Å². The molecule has 0 rings (SSSR count). The fourth-order valence-electron chi connectivity index (χ4n) is 1.05. The van der Waals surface area contributed by atoms with E-state index >= 15 is 0 Å². The van der Waals surface area contributed by atoms with E-state index in [9.17, 15) is 0 Å². The molecule has 0 heterocycles. The minimum Gasteiger partial charge on any atom is -0.388 e. The third-order valence-electron chi connectivity index (χ3n) is 2.31. The first-order valence-corrected chi connectivity index (χ1v) is 4.97. The molecule has 1 N–H and O–H groups in total. The minimum atomic E-state index is 0.534. The van der Waals surface area contributed by atoms with Crippen LogP contribution in [0.1, 0.15) is 20.3 Å². The molecule has 0 amide bonds. The van der Waals surface area contributed by atoms with E-state index in [4.69, 9.17) is 0 Å². The number of likely N-dealkylation sites (N-methyl/N-ethyl adjacent to an activating group) is 1. The van der Waals surface area contributed by atoms with Crippen LogP contribution in [-0.2, 0) is 0 Å². The Hall–Kier alpha value is -1.24. The molecule has 0 aliphatic carbocycles. The van der Waals surface area contributed by atoms with Crippen molar-refractivity contribution in [1.29, 1.82) is 0 Å². The third kappa shape index (κ3) is 3.65. The lowest BCUT2D eigenvalue weighted by Crippen LogP contribution is -2.08. The maximum absolute atomic E-state index is 3.94. The van der Waals surface area contributed by atoms with Gasteiger partial charge in [-0.15, -0.1) is 0 Å². The molecule has 0 bridgehead atoms. The molecule has 0 spiro atoms. The van der Waals surface area contributed by atoms with Crippen molar-refractivity contribution in [1.82, 2.24) is 5.32 Å². The van der Waals surface area contributed by atoms with Gasteiger partial charge in [-0.1, -0.05) is 52.2 Å². The summed E-state index contributed by atoms with van der Waals surface area (Å²) in [5, 5.41) is 3.04. The molecular weight excluding hydrogens is 170 g/mol. The van der Waals surface area contributed by atoms with Gasteiger partial charge in [0.15, 0.2) is 0 Å². The minimum absolute atomic E-state index is 0.534. The summed E-state index contributed by atoms with van der Waals surface area (Å²) in [5.41, 5.74) is 2.89. The summed E-state index contributed by atoms with van der Waals surface area (Å²) in [4.78, 5) is 0. The van der Waals surface area contributed by atoms with E-state index in [1.165, 1.54) is 0 Å². The number of nitrogens with one attached hydrogen (secondary N) is 1. The Bertz CT molecular complexity index is 258. The topological polar surface area (TPSA) is 12.0 Å². The molecular formula is C13H21N. The van der Waals surface area contributed by atoms with E-state index < -0.39 is 0 Å². The van der Waals surface area contributed by atoms with Gasteiger partial charge in [-0.25, -0.2) is 0 Å². The van der Waals surface area contributed by atoms with Crippen LogP contribution in [0.25, 0.3) is 0 Å². The zero-order valence-electron chi connectivity index (χ0n) is 9.56. The van der Waals surface area contributed by atoms with Crippen molar-refractivity contribution >= 4 is 0 Å². The fourth-order valence-corrected chi connectivity index (χ4v) is 1.05. The second-order valence-electron chi connectivity index (χ2n) is 3.42. The average molecular weight is 191 g/mol. The first kappa shape index (κ1) is 12.8. The predicted octanol–water partition coefficient (Wildman–Crippen LogP) is 3.43. The van der Waals surface area contributed by atoms with Crippen LogP contribution in [0.2, 0.25) is 0 Å². The second kappa shape index (κ2) is 6.25. The van der Waals surface area contributed by atoms with Gasteiger partial charge < -0.3 is 5.32 Å². The highest BCUT2D eigenvalue weighted by atomic mass is 14.8. The highest BCUT2D eigenvalue weighted by Gasteiger charge is 2.05. The zero-order valence-corrected chi connectivity index (χ0v) is 9.56. The first-order chi connectivity index (χ1) is 6.56. The van der Waals surface area contributed by atoms with Crippen LogP contribution in [-0.4, -0.2) is 7.05 Å². The van der Waals surface area contributed by atoms with Gasteiger partial charge in [0.05, 0.1) is 0 Å². The molecule has 78 valence electrons. The Morgan fingerprint density at radius 1 is 1.43 bits per heavy atom. The SMILES string of the molecule is C=CC(=C)/C(=C/C(C)CC)C(=C)NC. The highest BCUT2D eigenvalue weighted by molar-refractivity contribution is 5.48. The molecule has 0 aromatic heterocycles. The van der Waals surface area contributed by atoms with Crippen LogP contribution in [0, 0.1) is 5.92 Å². The fraction of sp³-hybridized carbons (Fsp3) is 0.385. The highest BCUT2D eigenvalue weighted by Crippen LogP contribution is 2.19. The number of hydrogen-bond donors (Lipinski definition) is 1. The summed E-state index contributed by atoms with van der Waals surface area (Å²) >= 11 is 0. The maximum atomic E-state index is 3.94. The Labute approximate surface area is 87.9 Å². The Balaban J connectivity index is 4.89. The standard InChI is InChI=1S/C13H21N/c1-7-10(3)9-13(11(4)8-2)12(5)14-6/h8-10,14H,2,4-5,7H2,1,3,6H3/b13-9-. The van der Waals surface area contributed by atoms with Gasteiger partial charge in [0.1, 0.15) is 0 Å². The lowest BCUT2D eigenvalue weighted by Gasteiger charge is -2.13. The van der Waals surface area contributed by atoms with Gasteiger partial charge in [-0.05, 0) is 17.1 Å². The Morgan fingerprint density at radius 3 is 2.36 bits per heavy atom. The molecule has 0 radical (unpaired) electrons. The molecule has 0 fully saturated rings. The van der Waals surface area contributed by atoms with E-state index in [2.05, 4.69) is 45.0 Å². The van der Waals surface area contributed by atoms with Crippen molar-refractivity contribution in [2.45, 2.75) is 20.3 Å². The van der Waals surface area contributed by atoms with E-state index in [1.54, 1.807) is 6.08 Å². The normalized spacial score (nSPS) is 13.2. The van der Waals surface area contributed by atoms with E-state index in [0.29, 0.717) is 5.92 Å². The van der Waals surface area contributed by atoms with Gasteiger partial charge in [0.25, 0.3) is 0 Å². The molecule has 0 saturated carbocycles. The van der Waals surface area contributed by atoms with Crippen LogP contribution in [0.15, 0.2) is 48.7 Å². The van der Waals surface area contributed by atoms with Gasteiger partial charge >= 0.3 is 0 Å². The largest absolute Gasteiger partial charge is 0.388 e. The predicted molar refractivity (Wildman–Crippen MR) is 65.1 cm³/mol. The molecule has 1 atom stereocenters. The summed E-state index contributed by atoms with van der Waals surface area (Å²) in [5.74, 6) is 0.534. The Morgan fingerprint density at radius 2 is 2.00 bits per heavy atom. The molecule has 0 aromatic rings. The maximum Gasteiger partial charge on any atom is 0.0340 e. The number of hydrogen-bond acceptors (Lipinski definition) is 1. The summed E-state index contributed by atoms with van der Waals surface area (Å²) in [6, 6.07) is 0. The quantitative estimate of drug-likeness (QED) is 0.634. The van der Waals surface area contributed by atoms with E-state index in [-0.39, 0.29) is 0 Å². The zero-order chi connectivity index (χ0) is 11.1. The lowest BCUT2D eigenvalue weighted by atomic mass is 9.98. The molecule has 14 heavy (non-hydrogen) atoms. The number of allylic oxidation sites excluding steroid dienone is 3. The molecule has 0 saturated heterocycles. The monoisotopic (exact) mass is 191 g/mol. The lowest BCUT2D eigenvalue weighted by molar-refractivity contribution is 0.693. The van der Waals surface area contributed by atoms with Crippen molar-refractivity contribution in [3.8, 4) is 0 Å². The van der Waals surface area contributed by atoms with Crippen LogP contribution in [0.3, 0.4) is 0 Å². The molecule has 1 unspecified atom stereocenters. The smallest absolute Gasteiger partial charge is 0.0340 e. The molecule has 1 heteroatoms.